The molecule has 1 aromatic heterocycles. The average Bonchev–Trinajstić information content (AvgIpc) is 2.86. The topological polar surface area (TPSA) is 37.3 Å². The Morgan fingerprint density at radius 2 is 2.11 bits per heavy atom. The molecule has 1 heterocycles. The first kappa shape index (κ1) is 13.5. The van der Waals surface area contributed by atoms with Crippen LogP contribution in [0.15, 0.2) is 17.5 Å². The number of halogens is 2. The van der Waals surface area contributed by atoms with Crippen LogP contribution in [0.2, 0.25) is 0 Å². The van der Waals surface area contributed by atoms with Gasteiger partial charge < -0.3 is 5.11 Å². The van der Waals surface area contributed by atoms with Crippen molar-refractivity contribution in [1.29, 1.82) is 0 Å². The highest BCUT2D eigenvalue weighted by atomic mass is 32.1. The largest absolute Gasteiger partial charge is 0.481 e. The number of carbonyl (C=O) groups is 1. The summed E-state index contributed by atoms with van der Waals surface area (Å²) in [4.78, 5) is 10.9. The zero-order valence-electron chi connectivity index (χ0n) is 9.99. The third-order valence-corrected chi connectivity index (χ3v) is 4.65. The van der Waals surface area contributed by atoms with Crippen LogP contribution in [0.25, 0.3) is 0 Å². The summed E-state index contributed by atoms with van der Waals surface area (Å²) in [5, 5.41) is 10.6. The number of hydrogen-bond acceptors (Lipinski definition) is 2. The average molecular weight is 274 g/mol. The van der Waals surface area contributed by atoms with E-state index in [1.165, 1.54) is 6.07 Å². The van der Waals surface area contributed by atoms with Gasteiger partial charge in [0, 0.05) is 6.42 Å². The van der Waals surface area contributed by atoms with Gasteiger partial charge >= 0.3 is 5.97 Å². The minimum Gasteiger partial charge on any atom is -0.481 e. The van der Waals surface area contributed by atoms with E-state index in [1.54, 1.807) is 11.4 Å². The van der Waals surface area contributed by atoms with Crippen LogP contribution in [-0.4, -0.2) is 11.1 Å². The Labute approximate surface area is 109 Å². The number of aliphatic carboxylic acids is 1. The molecule has 0 bridgehead atoms. The van der Waals surface area contributed by atoms with Crippen LogP contribution in [0.1, 0.15) is 43.4 Å². The molecule has 1 aromatic rings. The van der Waals surface area contributed by atoms with Crippen LogP contribution < -0.4 is 0 Å². The predicted molar refractivity (Wildman–Crippen MR) is 66.0 cm³/mol. The maximum atomic E-state index is 14.2. The van der Waals surface area contributed by atoms with Crippen molar-refractivity contribution >= 4 is 17.3 Å². The minimum absolute atomic E-state index is 0.0409. The fourth-order valence-electron chi connectivity index (χ4n) is 2.91. The number of rotatable bonds is 5. The van der Waals surface area contributed by atoms with Gasteiger partial charge in [-0.3, -0.25) is 4.79 Å². The second kappa shape index (κ2) is 4.96. The first-order valence-electron chi connectivity index (χ1n) is 6.07. The van der Waals surface area contributed by atoms with Crippen molar-refractivity contribution in [2.75, 3.05) is 0 Å². The molecule has 0 aromatic carbocycles. The van der Waals surface area contributed by atoms with E-state index in [0.29, 0.717) is 12.8 Å². The molecule has 1 fully saturated rings. The molecule has 100 valence electrons. The van der Waals surface area contributed by atoms with Gasteiger partial charge in [0.2, 0.25) is 0 Å². The molecule has 2 nitrogen and oxygen atoms in total. The standard InChI is InChI=1S/C13H16F2O2S/c14-13(15,10-4-3-7-18-10)9-12(8-11(16)17)5-1-2-6-12/h3-4,7H,1-2,5-6,8-9H2,(H,16,17). The Morgan fingerprint density at radius 3 is 2.61 bits per heavy atom. The lowest BCUT2D eigenvalue weighted by Crippen LogP contribution is -2.29. The lowest BCUT2D eigenvalue weighted by Gasteiger charge is -2.31. The molecule has 1 N–H and O–H groups in total. The van der Waals surface area contributed by atoms with E-state index >= 15 is 0 Å². The first-order chi connectivity index (χ1) is 8.44. The zero-order valence-corrected chi connectivity index (χ0v) is 10.8. The SMILES string of the molecule is O=C(O)CC1(CC(F)(F)c2cccs2)CCCC1. The molecule has 1 aliphatic rings. The number of alkyl halides is 2. The molecule has 0 amide bonds. The van der Waals surface area contributed by atoms with Gasteiger partial charge in [-0.05, 0) is 29.7 Å². The van der Waals surface area contributed by atoms with Gasteiger partial charge in [0.05, 0.1) is 11.3 Å². The molecule has 0 atom stereocenters. The summed E-state index contributed by atoms with van der Waals surface area (Å²) in [5.74, 6) is -3.88. The lowest BCUT2D eigenvalue weighted by molar-refractivity contribution is -0.141. The van der Waals surface area contributed by atoms with E-state index in [9.17, 15) is 13.6 Å². The Hall–Kier alpha value is -0.970. The van der Waals surface area contributed by atoms with Gasteiger partial charge in [0.1, 0.15) is 0 Å². The Balaban J connectivity index is 2.16. The number of hydrogen-bond donors (Lipinski definition) is 1. The summed E-state index contributed by atoms with van der Waals surface area (Å²) in [6.45, 7) is 0. The quantitative estimate of drug-likeness (QED) is 0.870. The van der Waals surface area contributed by atoms with Crippen LogP contribution in [0.3, 0.4) is 0 Å². The van der Waals surface area contributed by atoms with Gasteiger partial charge in [-0.1, -0.05) is 18.9 Å². The molecular formula is C13H16F2O2S. The fourth-order valence-corrected chi connectivity index (χ4v) is 3.61. The number of thiophene rings is 1. The molecule has 0 unspecified atom stereocenters. The van der Waals surface area contributed by atoms with Crippen molar-refractivity contribution in [3.63, 3.8) is 0 Å². The summed E-state index contributed by atoms with van der Waals surface area (Å²) < 4.78 is 28.3. The highest BCUT2D eigenvalue weighted by Crippen LogP contribution is 2.51. The van der Waals surface area contributed by atoms with Crippen molar-refractivity contribution in [3.8, 4) is 0 Å². The van der Waals surface area contributed by atoms with E-state index in [2.05, 4.69) is 0 Å². The maximum Gasteiger partial charge on any atom is 0.303 e. The molecule has 0 spiro atoms. The maximum absolute atomic E-state index is 14.2. The lowest BCUT2D eigenvalue weighted by atomic mass is 9.77. The van der Waals surface area contributed by atoms with E-state index in [-0.39, 0.29) is 17.7 Å². The van der Waals surface area contributed by atoms with Gasteiger partial charge in [0.15, 0.2) is 0 Å². The summed E-state index contributed by atoms with van der Waals surface area (Å²) in [6, 6.07) is 3.03. The summed E-state index contributed by atoms with van der Waals surface area (Å²) in [7, 11) is 0. The fraction of sp³-hybridized carbons (Fsp3) is 0.615. The third kappa shape index (κ3) is 2.88. The van der Waals surface area contributed by atoms with Crippen molar-refractivity contribution in [2.24, 2.45) is 5.41 Å². The first-order valence-corrected chi connectivity index (χ1v) is 6.95. The van der Waals surface area contributed by atoms with E-state index in [0.717, 1.165) is 24.2 Å². The molecule has 2 rings (SSSR count). The molecule has 0 saturated heterocycles. The summed E-state index contributed by atoms with van der Waals surface area (Å²) in [5.41, 5.74) is -0.723. The van der Waals surface area contributed by atoms with Crippen molar-refractivity contribution in [2.45, 2.75) is 44.4 Å². The Morgan fingerprint density at radius 1 is 1.44 bits per heavy atom. The predicted octanol–water partition coefficient (Wildman–Crippen LogP) is 4.27. The van der Waals surface area contributed by atoms with Crippen molar-refractivity contribution in [1.82, 2.24) is 0 Å². The third-order valence-electron chi connectivity index (χ3n) is 3.67. The monoisotopic (exact) mass is 274 g/mol. The second-order valence-corrected chi connectivity index (χ2v) is 6.08. The molecule has 0 aliphatic heterocycles. The molecule has 1 aliphatic carbocycles. The van der Waals surface area contributed by atoms with Gasteiger partial charge in [-0.15, -0.1) is 11.3 Å². The summed E-state index contributed by atoms with van der Waals surface area (Å²) in [6.07, 6.45) is 2.42. The smallest absolute Gasteiger partial charge is 0.303 e. The molecule has 18 heavy (non-hydrogen) atoms. The number of carboxylic acid groups (broad SMARTS) is 1. The van der Waals surface area contributed by atoms with E-state index in [4.69, 9.17) is 5.11 Å². The van der Waals surface area contributed by atoms with Crippen LogP contribution in [0.5, 0.6) is 0 Å². The highest BCUT2D eigenvalue weighted by molar-refractivity contribution is 7.10. The van der Waals surface area contributed by atoms with Crippen molar-refractivity contribution in [3.05, 3.63) is 22.4 Å². The minimum atomic E-state index is -2.91. The van der Waals surface area contributed by atoms with Crippen LogP contribution >= 0.6 is 11.3 Å². The van der Waals surface area contributed by atoms with Gasteiger partial charge in [0.25, 0.3) is 5.92 Å². The normalized spacial score (nSPS) is 19.0. The molecule has 5 heteroatoms. The molecular weight excluding hydrogens is 258 g/mol. The Kier molecular flexibility index (Phi) is 3.71. The second-order valence-electron chi connectivity index (χ2n) is 5.14. The van der Waals surface area contributed by atoms with E-state index < -0.39 is 17.3 Å². The van der Waals surface area contributed by atoms with Gasteiger partial charge in [-0.2, -0.15) is 0 Å². The van der Waals surface area contributed by atoms with Crippen LogP contribution in [0.4, 0.5) is 8.78 Å². The van der Waals surface area contributed by atoms with Crippen molar-refractivity contribution < 1.29 is 18.7 Å². The Bertz CT molecular complexity index is 409. The highest BCUT2D eigenvalue weighted by Gasteiger charge is 2.46. The van der Waals surface area contributed by atoms with Crippen LogP contribution in [-0.2, 0) is 10.7 Å². The van der Waals surface area contributed by atoms with Crippen LogP contribution in [0, 0.1) is 5.41 Å². The molecule has 0 radical (unpaired) electrons. The van der Waals surface area contributed by atoms with E-state index in [1.807, 2.05) is 0 Å². The number of carboxylic acids is 1. The molecule has 1 saturated carbocycles. The summed E-state index contributed by atoms with van der Waals surface area (Å²) >= 11 is 1.03. The zero-order chi connectivity index (χ0) is 13.2. The van der Waals surface area contributed by atoms with Gasteiger partial charge in [-0.25, -0.2) is 8.78 Å².